The van der Waals surface area contributed by atoms with Gasteiger partial charge in [-0.3, -0.25) is 0 Å². The Balaban J connectivity index is 1.83. The van der Waals surface area contributed by atoms with Crippen LogP contribution in [0.1, 0.15) is 23.7 Å². The van der Waals surface area contributed by atoms with Crippen LogP contribution in [0, 0.1) is 5.82 Å². The molecule has 0 fully saturated rings. The summed E-state index contributed by atoms with van der Waals surface area (Å²) in [5.41, 5.74) is 1.66. The number of methoxy groups -OCH3 is 1. The van der Waals surface area contributed by atoms with E-state index in [0.29, 0.717) is 45.5 Å². The molecule has 0 aliphatic carbocycles. The van der Waals surface area contributed by atoms with Gasteiger partial charge in [-0.25, -0.2) is 14.2 Å². The standard InChI is InChI=1S/C21H20BrFN4O3/c1-3-10-30-18-11-15(8-9-16(18)20(28)29-2)26-21-24-12-17(22)19(27-21)25-14-6-4-13(23)5-7-14/h4-9,11-12H,3,10H2,1-2H3,(H2,24,25,26,27). The largest absolute Gasteiger partial charge is 0.493 e. The molecule has 0 saturated heterocycles. The number of carbonyl (C=O) groups is 1. The van der Waals surface area contributed by atoms with Gasteiger partial charge in [-0.05, 0) is 58.7 Å². The van der Waals surface area contributed by atoms with Crippen molar-refractivity contribution >= 4 is 45.0 Å². The molecule has 7 nitrogen and oxygen atoms in total. The number of rotatable bonds is 8. The first-order valence-corrected chi connectivity index (χ1v) is 9.96. The first-order valence-electron chi connectivity index (χ1n) is 9.17. The molecule has 0 aliphatic rings. The van der Waals surface area contributed by atoms with Crippen LogP contribution in [0.4, 0.5) is 27.5 Å². The van der Waals surface area contributed by atoms with Crippen molar-refractivity contribution in [2.24, 2.45) is 0 Å². The summed E-state index contributed by atoms with van der Waals surface area (Å²) in [6.45, 7) is 2.44. The van der Waals surface area contributed by atoms with E-state index in [9.17, 15) is 9.18 Å². The summed E-state index contributed by atoms with van der Waals surface area (Å²) >= 11 is 3.40. The lowest BCUT2D eigenvalue weighted by molar-refractivity contribution is 0.0596. The molecular formula is C21H20BrFN4O3. The minimum Gasteiger partial charge on any atom is -0.493 e. The second-order valence-electron chi connectivity index (χ2n) is 6.20. The number of esters is 1. The molecule has 1 aromatic heterocycles. The molecule has 9 heteroatoms. The van der Waals surface area contributed by atoms with Crippen LogP contribution in [0.2, 0.25) is 0 Å². The van der Waals surface area contributed by atoms with E-state index in [1.54, 1.807) is 36.5 Å². The zero-order valence-corrected chi connectivity index (χ0v) is 18.0. The van der Waals surface area contributed by atoms with E-state index in [-0.39, 0.29) is 5.82 Å². The molecule has 30 heavy (non-hydrogen) atoms. The number of aromatic nitrogens is 2. The van der Waals surface area contributed by atoms with E-state index in [4.69, 9.17) is 9.47 Å². The van der Waals surface area contributed by atoms with E-state index < -0.39 is 5.97 Å². The maximum absolute atomic E-state index is 13.1. The number of nitrogens with zero attached hydrogens (tertiary/aromatic N) is 2. The van der Waals surface area contributed by atoms with Gasteiger partial charge in [0.25, 0.3) is 0 Å². The van der Waals surface area contributed by atoms with E-state index in [1.807, 2.05) is 6.92 Å². The van der Waals surface area contributed by atoms with Crippen molar-refractivity contribution in [2.45, 2.75) is 13.3 Å². The molecule has 0 amide bonds. The topological polar surface area (TPSA) is 85.4 Å². The second kappa shape index (κ2) is 10.0. The molecule has 2 aromatic carbocycles. The summed E-state index contributed by atoms with van der Waals surface area (Å²) in [4.78, 5) is 20.7. The molecule has 0 spiro atoms. The van der Waals surface area contributed by atoms with Gasteiger partial charge in [0, 0.05) is 23.6 Å². The third-order valence-corrected chi connectivity index (χ3v) is 4.54. The SMILES string of the molecule is CCCOc1cc(Nc2ncc(Br)c(Nc3ccc(F)cc3)n2)ccc1C(=O)OC. The molecule has 0 saturated carbocycles. The van der Waals surface area contributed by atoms with E-state index in [1.165, 1.54) is 19.2 Å². The Morgan fingerprint density at radius 2 is 1.87 bits per heavy atom. The maximum atomic E-state index is 13.1. The minimum atomic E-state index is -0.474. The van der Waals surface area contributed by atoms with Crippen LogP contribution in [0.3, 0.4) is 0 Å². The number of halogens is 2. The van der Waals surface area contributed by atoms with E-state index >= 15 is 0 Å². The Hall–Kier alpha value is -3.20. The van der Waals surface area contributed by atoms with Crippen molar-refractivity contribution in [1.29, 1.82) is 0 Å². The number of hydrogen-bond acceptors (Lipinski definition) is 7. The molecule has 0 radical (unpaired) electrons. The lowest BCUT2D eigenvalue weighted by atomic mass is 10.2. The third-order valence-electron chi connectivity index (χ3n) is 3.96. The lowest BCUT2D eigenvalue weighted by Crippen LogP contribution is -2.07. The Labute approximate surface area is 181 Å². The summed E-state index contributed by atoms with van der Waals surface area (Å²) in [6, 6.07) is 11.0. The van der Waals surface area contributed by atoms with Crippen LogP contribution in [-0.2, 0) is 4.74 Å². The molecule has 2 N–H and O–H groups in total. The summed E-state index contributed by atoms with van der Waals surface area (Å²) in [5, 5.41) is 6.20. The number of benzene rings is 2. The highest BCUT2D eigenvalue weighted by molar-refractivity contribution is 9.10. The van der Waals surface area contributed by atoms with Crippen molar-refractivity contribution in [3.05, 3.63) is 64.5 Å². The second-order valence-corrected chi connectivity index (χ2v) is 7.05. The van der Waals surface area contributed by atoms with Gasteiger partial charge in [0.2, 0.25) is 5.95 Å². The van der Waals surface area contributed by atoms with E-state index in [0.717, 1.165) is 6.42 Å². The highest BCUT2D eigenvalue weighted by atomic mass is 79.9. The van der Waals surface area contributed by atoms with Crippen LogP contribution in [-0.4, -0.2) is 29.7 Å². The first kappa shape index (κ1) is 21.5. The van der Waals surface area contributed by atoms with Crippen molar-refractivity contribution < 1.29 is 18.7 Å². The van der Waals surface area contributed by atoms with Crippen LogP contribution < -0.4 is 15.4 Å². The van der Waals surface area contributed by atoms with Gasteiger partial charge in [-0.15, -0.1) is 0 Å². The van der Waals surface area contributed by atoms with Gasteiger partial charge in [0.15, 0.2) is 0 Å². The Morgan fingerprint density at radius 1 is 1.13 bits per heavy atom. The first-order chi connectivity index (χ1) is 14.5. The number of anilines is 4. The van der Waals surface area contributed by atoms with Crippen LogP contribution in [0.15, 0.2) is 53.1 Å². The molecular weight excluding hydrogens is 455 g/mol. The van der Waals surface area contributed by atoms with Crippen LogP contribution >= 0.6 is 15.9 Å². The van der Waals surface area contributed by atoms with Crippen molar-refractivity contribution in [3.8, 4) is 5.75 Å². The number of nitrogens with one attached hydrogen (secondary N) is 2. The molecule has 0 unspecified atom stereocenters. The zero-order chi connectivity index (χ0) is 21.5. The fourth-order valence-corrected chi connectivity index (χ4v) is 2.81. The molecule has 1 heterocycles. The number of ether oxygens (including phenoxy) is 2. The summed E-state index contributed by atoms with van der Waals surface area (Å²) in [5.74, 6) is 0.456. The summed E-state index contributed by atoms with van der Waals surface area (Å²) in [7, 11) is 1.32. The molecule has 156 valence electrons. The van der Waals surface area contributed by atoms with Gasteiger partial charge in [0.05, 0.1) is 18.2 Å². The predicted octanol–water partition coefficient (Wildman–Crippen LogP) is 5.44. The van der Waals surface area contributed by atoms with Gasteiger partial charge in [0.1, 0.15) is 22.9 Å². The fraction of sp³-hybridized carbons (Fsp3) is 0.190. The normalized spacial score (nSPS) is 10.4. The van der Waals surface area contributed by atoms with Crippen LogP contribution in [0.25, 0.3) is 0 Å². The van der Waals surface area contributed by atoms with Crippen molar-refractivity contribution in [1.82, 2.24) is 9.97 Å². The Morgan fingerprint density at radius 3 is 2.57 bits per heavy atom. The zero-order valence-electron chi connectivity index (χ0n) is 16.4. The molecule has 0 bridgehead atoms. The minimum absolute atomic E-state index is 0.318. The Bertz CT molecular complexity index is 1030. The molecule has 0 atom stereocenters. The Kier molecular flexibility index (Phi) is 7.18. The monoisotopic (exact) mass is 474 g/mol. The van der Waals surface area contributed by atoms with Crippen molar-refractivity contribution in [2.75, 3.05) is 24.4 Å². The fourth-order valence-electron chi connectivity index (χ4n) is 2.52. The molecule has 3 rings (SSSR count). The third kappa shape index (κ3) is 5.44. The smallest absolute Gasteiger partial charge is 0.341 e. The van der Waals surface area contributed by atoms with Gasteiger partial charge in [-0.1, -0.05) is 6.92 Å². The summed E-state index contributed by atoms with van der Waals surface area (Å²) < 4.78 is 24.2. The van der Waals surface area contributed by atoms with Gasteiger partial charge < -0.3 is 20.1 Å². The molecule has 3 aromatic rings. The highest BCUT2D eigenvalue weighted by Crippen LogP contribution is 2.28. The molecule has 0 aliphatic heterocycles. The van der Waals surface area contributed by atoms with Gasteiger partial charge >= 0.3 is 5.97 Å². The maximum Gasteiger partial charge on any atom is 0.341 e. The van der Waals surface area contributed by atoms with Crippen molar-refractivity contribution in [3.63, 3.8) is 0 Å². The average molecular weight is 475 g/mol. The van der Waals surface area contributed by atoms with E-state index in [2.05, 4.69) is 36.5 Å². The highest BCUT2D eigenvalue weighted by Gasteiger charge is 2.15. The average Bonchev–Trinajstić information content (AvgIpc) is 2.75. The number of carbonyl (C=O) groups excluding carboxylic acids is 1. The quantitative estimate of drug-likeness (QED) is 0.420. The number of hydrogen-bond donors (Lipinski definition) is 2. The van der Waals surface area contributed by atoms with Crippen LogP contribution in [0.5, 0.6) is 5.75 Å². The predicted molar refractivity (Wildman–Crippen MR) is 116 cm³/mol. The summed E-state index contributed by atoms with van der Waals surface area (Å²) in [6.07, 6.45) is 2.39. The van der Waals surface area contributed by atoms with Gasteiger partial charge in [-0.2, -0.15) is 4.98 Å². The lowest BCUT2D eigenvalue weighted by Gasteiger charge is -2.13.